The van der Waals surface area contributed by atoms with Crippen molar-refractivity contribution in [3.8, 4) is 55.6 Å². The molecule has 0 aliphatic heterocycles. The van der Waals surface area contributed by atoms with Crippen molar-refractivity contribution in [2.75, 3.05) is 0 Å². The first-order valence-electron chi connectivity index (χ1n) is 22.1. The zero-order chi connectivity index (χ0) is 41.5. The lowest BCUT2D eigenvalue weighted by molar-refractivity contribution is 0.660. The minimum absolute atomic E-state index is 0.0969. The predicted molar refractivity (Wildman–Crippen MR) is 265 cm³/mol. The first-order valence-corrected chi connectivity index (χ1v) is 22.1. The molecule has 0 saturated heterocycles. The van der Waals surface area contributed by atoms with Gasteiger partial charge in [-0.15, -0.1) is 0 Å². The van der Waals surface area contributed by atoms with Crippen LogP contribution in [0.5, 0.6) is 0 Å². The number of rotatable bonds is 3. The zero-order valence-electron chi connectivity index (χ0n) is 35.5. The molecule has 0 atom stereocenters. The van der Waals surface area contributed by atoms with Crippen molar-refractivity contribution in [3.63, 3.8) is 0 Å². The summed E-state index contributed by atoms with van der Waals surface area (Å²) in [6.07, 6.45) is 0. The van der Waals surface area contributed by atoms with Crippen LogP contribution in [-0.4, -0.2) is 0 Å². The number of benzene rings is 11. The van der Waals surface area contributed by atoms with Gasteiger partial charge in [-0.05, 0) is 162 Å². The third-order valence-corrected chi connectivity index (χ3v) is 14.8. The van der Waals surface area contributed by atoms with E-state index in [-0.39, 0.29) is 10.8 Å². The zero-order valence-corrected chi connectivity index (χ0v) is 35.5. The van der Waals surface area contributed by atoms with Gasteiger partial charge in [-0.2, -0.15) is 0 Å². The average molecular weight is 789 g/mol. The SMILES string of the molecule is CC1(C)c2ccccc2-c2ccc(-c3c4ccccc4c(-c4ccc5c(c4)C(C)(C)c4ccccc4-5)c4cc(-c5cccc6c5ccc5cc7ccccc7cc56)ccc34)cc21. The maximum absolute atomic E-state index is 2.51. The molecule has 0 nitrogen and oxygen atoms in total. The molecule has 2 aliphatic carbocycles. The Morgan fingerprint density at radius 1 is 0.242 bits per heavy atom. The summed E-state index contributed by atoms with van der Waals surface area (Å²) < 4.78 is 0. The molecule has 11 aromatic rings. The Balaban J connectivity index is 1.10. The topological polar surface area (TPSA) is 0 Å². The van der Waals surface area contributed by atoms with Gasteiger partial charge in [0.25, 0.3) is 0 Å². The minimum atomic E-state index is -0.107. The van der Waals surface area contributed by atoms with E-state index in [0.29, 0.717) is 0 Å². The molecule has 13 rings (SSSR count). The molecule has 0 aromatic heterocycles. The summed E-state index contributed by atoms with van der Waals surface area (Å²) in [6, 6.07) is 73.8. The van der Waals surface area contributed by atoms with E-state index in [0.717, 1.165) is 0 Å². The smallest absolute Gasteiger partial charge is 0.0159 e. The molecule has 11 aromatic carbocycles. The molecule has 0 heterocycles. The van der Waals surface area contributed by atoms with Crippen LogP contribution < -0.4 is 0 Å². The summed E-state index contributed by atoms with van der Waals surface area (Å²) in [5.41, 5.74) is 18.4. The van der Waals surface area contributed by atoms with Crippen molar-refractivity contribution in [1.82, 2.24) is 0 Å². The minimum Gasteiger partial charge on any atom is -0.0619 e. The molecular weight excluding hydrogens is 745 g/mol. The predicted octanol–water partition coefficient (Wildman–Crippen LogP) is 17.1. The Morgan fingerprint density at radius 3 is 1.35 bits per heavy atom. The van der Waals surface area contributed by atoms with E-state index in [1.165, 1.54) is 132 Å². The first-order chi connectivity index (χ1) is 30.3. The maximum Gasteiger partial charge on any atom is 0.0159 e. The van der Waals surface area contributed by atoms with Gasteiger partial charge < -0.3 is 0 Å². The normalized spacial score (nSPS) is 14.4. The van der Waals surface area contributed by atoms with E-state index < -0.39 is 0 Å². The van der Waals surface area contributed by atoms with Gasteiger partial charge in [-0.1, -0.05) is 191 Å². The van der Waals surface area contributed by atoms with Crippen LogP contribution in [0.15, 0.2) is 194 Å². The largest absolute Gasteiger partial charge is 0.0619 e. The van der Waals surface area contributed by atoms with Gasteiger partial charge in [0.2, 0.25) is 0 Å². The van der Waals surface area contributed by atoms with E-state index in [1.54, 1.807) is 0 Å². The molecule has 2 aliphatic rings. The Morgan fingerprint density at radius 2 is 0.710 bits per heavy atom. The fourth-order valence-corrected chi connectivity index (χ4v) is 11.7. The van der Waals surface area contributed by atoms with E-state index >= 15 is 0 Å². The maximum atomic E-state index is 2.51. The lowest BCUT2D eigenvalue weighted by Gasteiger charge is -2.24. The van der Waals surface area contributed by atoms with Gasteiger partial charge in [-0.25, -0.2) is 0 Å². The van der Waals surface area contributed by atoms with Crippen molar-refractivity contribution in [2.24, 2.45) is 0 Å². The highest BCUT2D eigenvalue weighted by Gasteiger charge is 2.37. The highest BCUT2D eigenvalue weighted by molar-refractivity contribution is 6.23. The summed E-state index contributed by atoms with van der Waals surface area (Å²) >= 11 is 0. The third kappa shape index (κ3) is 4.84. The molecule has 292 valence electrons. The number of hydrogen-bond donors (Lipinski definition) is 0. The number of fused-ring (bicyclic) bond motifs is 12. The van der Waals surface area contributed by atoms with Gasteiger partial charge in [0.1, 0.15) is 0 Å². The second-order valence-corrected chi connectivity index (χ2v) is 18.8. The van der Waals surface area contributed by atoms with Crippen LogP contribution in [0.25, 0.3) is 109 Å². The first kappa shape index (κ1) is 35.5. The van der Waals surface area contributed by atoms with Crippen LogP contribution >= 0.6 is 0 Å². The van der Waals surface area contributed by atoms with Crippen LogP contribution in [0.1, 0.15) is 49.9 Å². The van der Waals surface area contributed by atoms with Crippen molar-refractivity contribution >= 4 is 53.9 Å². The molecule has 0 radical (unpaired) electrons. The van der Waals surface area contributed by atoms with Crippen LogP contribution in [0, 0.1) is 0 Å². The molecule has 0 amide bonds. The summed E-state index contributed by atoms with van der Waals surface area (Å²) in [4.78, 5) is 0. The molecule has 0 bridgehead atoms. The van der Waals surface area contributed by atoms with E-state index in [1.807, 2.05) is 0 Å². The van der Waals surface area contributed by atoms with Crippen LogP contribution in [0.2, 0.25) is 0 Å². The molecule has 0 saturated carbocycles. The van der Waals surface area contributed by atoms with Crippen molar-refractivity contribution in [2.45, 2.75) is 38.5 Å². The summed E-state index contributed by atoms with van der Waals surface area (Å²) in [6.45, 7) is 9.55. The van der Waals surface area contributed by atoms with Crippen LogP contribution in [0.4, 0.5) is 0 Å². The van der Waals surface area contributed by atoms with Gasteiger partial charge in [0.05, 0.1) is 0 Å². The van der Waals surface area contributed by atoms with Crippen LogP contribution in [-0.2, 0) is 10.8 Å². The fraction of sp³-hybridized carbons (Fsp3) is 0.0968. The third-order valence-electron chi connectivity index (χ3n) is 14.8. The lowest BCUT2D eigenvalue weighted by Crippen LogP contribution is -2.15. The Kier molecular flexibility index (Phi) is 7.23. The molecule has 0 fully saturated rings. The molecule has 0 spiro atoms. The quantitative estimate of drug-likeness (QED) is 0.124. The standard InChI is InChI=1S/C62H44/c1-61(2)55-22-11-9-16-46(55)48-29-26-41(35-57(48)61)59-50-18-7-8-19-51(50)60(42-27-30-49-47-17-10-12-23-56(47)62(3,4)58(49)36-42)54-34-40(25-31-52(54)59)43-20-13-21-44-45(43)28-24-39-32-37-14-5-6-15-38(37)33-53(39)44/h5-36H,1-4H3. The van der Waals surface area contributed by atoms with E-state index in [2.05, 4.69) is 222 Å². The molecular formula is C62H44. The van der Waals surface area contributed by atoms with Crippen molar-refractivity contribution < 1.29 is 0 Å². The Hall–Kier alpha value is -7.28. The monoisotopic (exact) mass is 788 g/mol. The highest BCUT2D eigenvalue weighted by Crippen LogP contribution is 2.54. The van der Waals surface area contributed by atoms with Gasteiger partial charge in [-0.3, -0.25) is 0 Å². The highest BCUT2D eigenvalue weighted by atomic mass is 14.4. The summed E-state index contributed by atoms with van der Waals surface area (Å²) in [5, 5.41) is 12.8. The molecule has 0 N–H and O–H groups in total. The van der Waals surface area contributed by atoms with Crippen LogP contribution in [0.3, 0.4) is 0 Å². The average Bonchev–Trinajstić information content (AvgIpc) is 3.68. The summed E-state index contributed by atoms with van der Waals surface area (Å²) in [5.74, 6) is 0. The van der Waals surface area contributed by atoms with E-state index in [9.17, 15) is 0 Å². The lowest BCUT2D eigenvalue weighted by atomic mass is 9.79. The fourth-order valence-electron chi connectivity index (χ4n) is 11.7. The van der Waals surface area contributed by atoms with Gasteiger partial charge in [0, 0.05) is 10.8 Å². The summed E-state index contributed by atoms with van der Waals surface area (Å²) in [7, 11) is 0. The Bertz CT molecular complexity index is 3740. The van der Waals surface area contributed by atoms with Gasteiger partial charge >= 0.3 is 0 Å². The van der Waals surface area contributed by atoms with E-state index in [4.69, 9.17) is 0 Å². The Labute approximate surface area is 362 Å². The second-order valence-electron chi connectivity index (χ2n) is 18.8. The second kappa shape index (κ2) is 12.6. The van der Waals surface area contributed by atoms with Crippen molar-refractivity contribution in [1.29, 1.82) is 0 Å². The molecule has 0 unspecified atom stereocenters. The number of hydrogen-bond acceptors (Lipinski definition) is 0. The molecule has 62 heavy (non-hydrogen) atoms. The van der Waals surface area contributed by atoms with Gasteiger partial charge in [0.15, 0.2) is 0 Å². The molecule has 0 heteroatoms. The van der Waals surface area contributed by atoms with Crippen molar-refractivity contribution in [3.05, 3.63) is 216 Å².